The van der Waals surface area contributed by atoms with Crippen LogP contribution >= 0.6 is 0 Å². The zero-order chi connectivity index (χ0) is 15.8. The molecule has 0 atom stereocenters. The van der Waals surface area contributed by atoms with Crippen molar-refractivity contribution in [3.05, 3.63) is 23.8 Å². The lowest BCUT2D eigenvalue weighted by Gasteiger charge is -2.17. The summed E-state index contributed by atoms with van der Waals surface area (Å²) in [5.74, 6) is 0.268. The number of methoxy groups -OCH3 is 2. The molecule has 0 bridgehead atoms. The van der Waals surface area contributed by atoms with E-state index in [0.717, 1.165) is 5.56 Å². The lowest BCUT2D eigenvalue weighted by molar-refractivity contribution is -0.137. The zero-order valence-corrected chi connectivity index (χ0v) is 12.4. The van der Waals surface area contributed by atoms with Crippen LogP contribution in [0, 0.1) is 0 Å². The van der Waals surface area contributed by atoms with Crippen LogP contribution < -0.4 is 14.8 Å². The second-order valence-electron chi connectivity index (χ2n) is 4.41. The van der Waals surface area contributed by atoms with Crippen LogP contribution in [0.4, 0.5) is 4.79 Å². The molecular weight excluding hydrogens is 276 g/mol. The highest BCUT2D eigenvalue weighted by Gasteiger charge is 2.10. The van der Waals surface area contributed by atoms with Crippen LogP contribution in [0.3, 0.4) is 0 Å². The summed E-state index contributed by atoms with van der Waals surface area (Å²) in [6, 6.07) is 5.02. The maximum Gasteiger partial charge on any atom is 0.317 e. The Balaban J connectivity index is 2.54. The number of nitrogens with zero attached hydrogens (tertiary/aromatic N) is 1. The van der Waals surface area contributed by atoms with Crippen LogP contribution in [0.25, 0.3) is 0 Å². The Hall–Kier alpha value is -2.44. The monoisotopic (exact) mass is 296 g/mol. The molecule has 116 valence electrons. The van der Waals surface area contributed by atoms with E-state index in [9.17, 15) is 9.59 Å². The van der Waals surface area contributed by atoms with Crippen molar-refractivity contribution in [2.24, 2.45) is 0 Å². The van der Waals surface area contributed by atoms with Crippen LogP contribution in [0.15, 0.2) is 18.2 Å². The largest absolute Gasteiger partial charge is 0.493 e. The number of ether oxygens (including phenoxy) is 2. The van der Waals surface area contributed by atoms with Gasteiger partial charge >= 0.3 is 12.0 Å². The smallest absolute Gasteiger partial charge is 0.317 e. The molecule has 21 heavy (non-hydrogen) atoms. The van der Waals surface area contributed by atoms with Crippen molar-refractivity contribution in [1.82, 2.24) is 10.2 Å². The molecule has 0 aromatic heterocycles. The van der Waals surface area contributed by atoms with E-state index in [0.29, 0.717) is 18.0 Å². The second kappa shape index (κ2) is 7.98. The first kappa shape index (κ1) is 16.6. The summed E-state index contributed by atoms with van der Waals surface area (Å²) in [4.78, 5) is 23.6. The van der Waals surface area contributed by atoms with Crippen molar-refractivity contribution in [2.45, 2.75) is 13.0 Å². The van der Waals surface area contributed by atoms with Crippen LogP contribution in [-0.2, 0) is 11.3 Å². The minimum atomic E-state index is -0.936. The molecule has 0 heterocycles. The fourth-order valence-corrected chi connectivity index (χ4v) is 1.67. The predicted octanol–water partition coefficient (Wildman–Crippen LogP) is 1.32. The molecule has 0 saturated heterocycles. The van der Waals surface area contributed by atoms with E-state index in [2.05, 4.69) is 5.32 Å². The Labute approximate surface area is 123 Å². The lowest BCUT2D eigenvalue weighted by atomic mass is 10.2. The van der Waals surface area contributed by atoms with Gasteiger partial charge in [0.25, 0.3) is 0 Å². The van der Waals surface area contributed by atoms with Crippen LogP contribution in [0.1, 0.15) is 12.0 Å². The molecule has 0 aliphatic heterocycles. The maximum absolute atomic E-state index is 11.8. The molecule has 7 nitrogen and oxygen atoms in total. The number of hydrogen-bond acceptors (Lipinski definition) is 4. The molecule has 1 rings (SSSR count). The van der Waals surface area contributed by atoms with E-state index < -0.39 is 5.97 Å². The SMILES string of the molecule is COc1ccc(CNC(=O)N(C)CCC(=O)O)cc1OC. The predicted molar refractivity (Wildman–Crippen MR) is 76.7 cm³/mol. The number of carbonyl (C=O) groups is 2. The molecule has 0 spiro atoms. The first-order valence-electron chi connectivity index (χ1n) is 6.39. The van der Waals surface area contributed by atoms with Crippen molar-refractivity contribution in [3.8, 4) is 11.5 Å². The van der Waals surface area contributed by atoms with Gasteiger partial charge in [0.05, 0.1) is 20.6 Å². The summed E-state index contributed by atoms with van der Waals surface area (Å²) in [7, 11) is 4.64. The summed E-state index contributed by atoms with van der Waals surface area (Å²) in [5, 5.41) is 11.3. The summed E-state index contributed by atoms with van der Waals surface area (Å²) in [6.07, 6.45) is -0.0831. The first-order valence-corrected chi connectivity index (χ1v) is 6.39. The lowest BCUT2D eigenvalue weighted by Crippen LogP contribution is -2.37. The van der Waals surface area contributed by atoms with Gasteiger partial charge in [-0.15, -0.1) is 0 Å². The van der Waals surface area contributed by atoms with Crippen molar-refractivity contribution in [3.63, 3.8) is 0 Å². The number of carboxylic acid groups (broad SMARTS) is 1. The van der Waals surface area contributed by atoms with Gasteiger partial charge < -0.3 is 24.8 Å². The highest BCUT2D eigenvalue weighted by atomic mass is 16.5. The van der Waals surface area contributed by atoms with Gasteiger partial charge in [-0.1, -0.05) is 6.07 Å². The Morgan fingerprint density at radius 3 is 2.48 bits per heavy atom. The van der Waals surface area contributed by atoms with Gasteiger partial charge in [-0.25, -0.2) is 4.79 Å². The van der Waals surface area contributed by atoms with E-state index in [4.69, 9.17) is 14.6 Å². The molecule has 0 aliphatic rings. The van der Waals surface area contributed by atoms with Crippen LogP contribution in [-0.4, -0.2) is 49.8 Å². The quantitative estimate of drug-likeness (QED) is 0.792. The van der Waals surface area contributed by atoms with Gasteiger partial charge in [0.1, 0.15) is 0 Å². The highest BCUT2D eigenvalue weighted by Crippen LogP contribution is 2.27. The van der Waals surface area contributed by atoms with Gasteiger partial charge in [0.15, 0.2) is 11.5 Å². The molecule has 0 saturated carbocycles. The molecule has 1 aromatic carbocycles. The summed E-state index contributed by atoms with van der Waals surface area (Å²) in [6.45, 7) is 0.476. The second-order valence-corrected chi connectivity index (χ2v) is 4.41. The molecule has 2 amide bonds. The van der Waals surface area contributed by atoms with E-state index in [1.807, 2.05) is 6.07 Å². The van der Waals surface area contributed by atoms with Gasteiger partial charge in [-0.05, 0) is 17.7 Å². The fourth-order valence-electron chi connectivity index (χ4n) is 1.67. The number of urea groups is 1. The minimum absolute atomic E-state index is 0.0831. The number of amides is 2. The Morgan fingerprint density at radius 1 is 1.24 bits per heavy atom. The number of benzene rings is 1. The van der Waals surface area contributed by atoms with Crippen molar-refractivity contribution in [2.75, 3.05) is 27.8 Å². The van der Waals surface area contributed by atoms with Crippen molar-refractivity contribution in [1.29, 1.82) is 0 Å². The fraction of sp³-hybridized carbons (Fsp3) is 0.429. The van der Waals surface area contributed by atoms with Gasteiger partial charge in [-0.2, -0.15) is 0 Å². The van der Waals surface area contributed by atoms with E-state index in [1.54, 1.807) is 33.4 Å². The number of hydrogen-bond donors (Lipinski definition) is 2. The highest BCUT2D eigenvalue weighted by molar-refractivity contribution is 5.75. The minimum Gasteiger partial charge on any atom is -0.493 e. The van der Waals surface area contributed by atoms with Crippen molar-refractivity contribution >= 4 is 12.0 Å². The van der Waals surface area contributed by atoms with Crippen molar-refractivity contribution < 1.29 is 24.2 Å². The number of carboxylic acids is 1. The number of carbonyl (C=O) groups excluding carboxylic acids is 1. The molecule has 0 radical (unpaired) electrons. The summed E-state index contributed by atoms with van der Waals surface area (Å²) < 4.78 is 10.3. The van der Waals surface area contributed by atoms with Gasteiger partial charge in [0, 0.05) is 20.1 Å². The molecule has 0 unspecified atom stereocenters. The average molecular weight is 296 g/mol. The van der Waals surface area contributed by atoms with Gasteiger partial charge in [0.2, 0.25) is 0 Å². The van der Waals surface area contributed by atoms with Crippen LogP contribution in [0.5, 0.6) is 11.5 Å². The third-order valence-electron chi connectivity index (χ3n) is 2.90. The number of nitrogens with one attached hydrogen (secondary N) is 1. The molecule has 2 N–H and O–H groups in total. The van der Waals surface area contributed by atoms with E-state index in [-0.39, 0.29) is 19.0 Å². The normalized spacial score (nSPS) is 9.86. The topological polar surface area (TPSA) is 88.1 Å². The molecular formula is C14H20N2O5. The van der Waals surface area contributed by atoms with Gasteiger partial charge in [-0.3, -0.25) is 4.79 Å². The Kier molecular flexibility index (Phi) is 6.32. The summed E-state index contributed by atoms with van der Waals surface area (Å²) in [5.41, 5.74) is 0.854. The third-order valence-corrected chi connectivity index (χ3v) is 2.90. The number of aliphatic carboxylic acids is 1. The molecule has 0 fully saturated rings. The Bertz CT molecular complexity index is 504. The third kappa shape index (κ3) is 5.21. The molecule has 7 heteroatoms. The Morgan fingerprint density at radius 2 is 1.90 bits per heavy atom. The molecule has 0 aliphatic carbocycles. The first-order chi connectivity index (χ1) is 9.97. The maximum atomic E-state index is 11.8. The summed E-state index contributed by atoms with van der Waals surface area (Å²) >= 11 is 0. The van der Waals surface area contributed by atoms with Crippen LogP contribution in [0.2, 0.25) is 0 Å². The average Bonchev–Trinajstić information content (AvgIpc) is 2.49. The standard InChI is InChI=1S/C14H20N2O5/c1-16(7-6-13(17)18)14(19)15-9-10-4-5-11(20-2)12(8-10)21-3/h4-5,8H,6-7,9H2,1-3H3,(H,15,19)(H,17,18). The number of rotatable bonds is 7. The van der Waals surface area contributed by atoms with E-state index >= 15 is 0 Å². The zero-order valence-electron chi connectivity index (χ0n) is 12.4. The molecule has 1 aromatic rings. The van der Waals surface area contributed by atoms with E-state index in [1.165, 1.54) is 4.90 Å².